The number of carbonyl (C=O) groups is 2. The van der Waals surface area contributed by atoms with Gasteiger partial charge in [0, 0.05) is 12.1 Å². The molecule has 22 heavy (non-hydrogen) atoms. The highest BCUT2D eigenvalue weighted by Gasteiger charge is 2.18. The number of nitro benzene ring substituents is 1. The Morgan fingerprint density at radius 3 is 2.73 bits per heavy atom. The van der Waals surface area contributed by atoms with E-state index in [4.69, 9.17) is 4.74 Å². The first kappa shape index (κ1) is 18.1. The second-order valence-electron chi connectivity index (χ2n) is 4.76. The molecule has 0 fully saturated rings. The summed E-state index contributed by atoms with van der Waals surface area (Å²) in [7, 11) is 0. The van der Waals surface area contributed by atoms with Crippen molar-refractivity contribution >= 4 is 33.5 Å². The number of carbonyl (C=O) groups excluding carboxylic acids is 2. The summed E-state index contributed by atoms with van der Waals surface area (Å²) in [6.07, 6.45) is 1.77. The Morgan fingerprint density at radius 1 is 1.45 bits per heavy atom. The van der Waals surface area contributed by atoms with Gasteiger partial charge in [0.25, 0.3) is 11.6 Å². The summed E-state index contributed by atoms with van der Waals surface area (Å²) in [6.45, 7) is 3.45. The van der Waals surface area contributed by atoms with Gasteiger partial charge >= 0.3 is 5.97 Å². The topological polar surface area (TPSA) is 98.5 Å². The number of benzene rings is 1. The molecule has 0 aliphatic rings. The quantitative estimate of drug-likeness (QED) is 0.450. The van der Waals surface area contributed by atoms with Crippen LogP contribution in [0.25, 0.3) is 0 Å². The Bertz CT molecular complexity index is 576. The summed E-state index contributed by atoms with van der Waals surface area (Å²) in [5.41, 5.74) is -0.222. The molecule has 1 aromatic carbocycles. The molecule has 0 bridgehead atoms. The molecule has 0 heterocycles. The molecule has 1 N–H and O–H groups in total. The zero-order valence-electron chi connectivity index (χ0n) is 12.3. The minimum absolute atomic E-state index is 0.00460. The molecular weight excluding hydrogens is 356 g/mol. The number of hydrogen-bond donors (Lipinski definition) is 1. The van der Waals surface area contributed by atoms with Gasteiger partial charge in [-0.15, -0.1) is 0 Å². The van der Waals surface area contributed by atoms with Crippen molar-refractivity contribution < 1.29 is 19.2 Å². The fraction of sp³-hybridized carbons (Fsp3) is 0.429. The van der Waals surface area contributed by atoms with Crippen molar-refractivity contribution in [3.63, 3.8) is 0 Å². The predicted molar refractivity (Wildman–Crippen MR) is 83.6 cm³/mol. The van der Waals surface area contributed by atoms with E-state index in [1.807, 2.05) is 13.8 Å². The summed E-state index contributed by atoms with van der Waals surface area (Å²) < 4.78 is 5.12. The lowest BCUT2D eigenvalue weighted by Gasteiger charge is -2.12. The van der Waals surface area contributed by atoms with E-state index in [1.165, 1.54) is 12.1 Å². The van der Waals surface area contributed by atoms with Crippen LogP contribution in [0.5, 0.6) is 0 Å². The third-order valence-corrected chi connectivity index (χ3v) is 3.51. The van der Waals surface area contributed by atoms with E-state index >= 15 is 0 Å². The van der Waals surface area contributed by atoms with Gasteiger partial charge in [-0.05, 0) is 41.4 Å². The van der Waals surface area contributed by atoms with Crippen LogP contribution in [-0.2, 0) is 9.53 Å². The number of nitrogens with zero attached hydrogens (tertiary/aromatic N) is 1. The standard InChI is InChI=1S/C14H17BrN2O5/c1-3-4-9(2)16-13(18)8-22-14(19)10-5-6-11(15)12(7-10)17(20)21/h5-7,9H,3-4,8H2,1-2H3,(H,16,18). The van der Waals surface area contributed by atoms with Crippen molar-refractivity contribution in [2.45, 2.75) is 32.7 Å². The summed E-state index contributed by atoms with van der Waals surface area (Å²) in [6, 6.07) is 3.88. The predicted octanol–water partition coefficient (Wildman–Crippen LogP) is 2.82. The first-order valence-electron chi connectivity index (χ1n) is 6.75. The van der Waals surface area contributed by atoms with Crippen LogP contribution >= 0.6 is 15.9 Å². The zero-order chi connectivity index (χ0) is 16.7. The Morgan fingerprint density at radius 2 is 2.14 bits per heavy atom. The monoisotopic (exact) mass is 372 g/mol. The number of rotatable bonds is 7. The van der Waals surface area contributed by atoms with Gasteiger partial charge in [0.05, 0.1) is 15.0 Å². The van der Waals surface area contributed by atoms with Crippen LogP contribution in [0.3, 0.4) is 0 Å². The van der Waals surface area contributed by atoms with E-state index < -0.39 is 23.4 Å². The van der Waals surface area contributed by atoms with Gasteiger partial charge in [-0.1, -0.05) is 13.3 Å². The molecule has 1 aromatic rings. The van der Waals surface area contributed by atoms with Crippen molar-refractivity contribution in [2.75, 3.05) is 6.61 Å². The molecule has 0 saturated heterocycles. The smallest absolute Gasteiger partial charge is 0.338 e. The number of halogens is 1. The SMILES string of the molecule is CCCC(C)NC(=O)COC(=O)c1ccc(Br)c([N+](=O)[O-])c1. The average molecular weight is 373 g/mol. The van der Waals surface area contributed by atoms with E-state index in [0.717, 1.165) is 18.9 Å². The number of amides is 1. The number of esters is 1. The molecule has 1 atom stereocenters. The van der Waals surface area contributed by atoms with E-state index in [0.29, 0.717) is 0 Å². The van der Waals surface area contributed by atoms with E-state index in [1.54, 1.807) is 0 Å². The van der Waals surface area contributed by atoms with Gasteiger partial charge in [-0.25, -0.2) is 4.79 Å². The van der Waals surface area contributed by atoms with E-state index in [9.17, 15) is 19.7 Å². The summed E-state index contributed by atoms with van der Waals surface area (Å²) in [5, 5.41) is 13.5. The van der Waals surface area contributed by atoms with Crippen molar-refractivity contribution in [3.05, 3.63) is 38.3 Å². The molecule has 120 valence electrons. The van der Waals surface area contributed by atoms with Gasteiger partial charge in [0.1, 0.15) is 0 Å². The maximum Gasteiger partial charge on any atom is 0.338 e. The van der Waals surface area contributed by atoms with Crippen molar-refractivity contribution in [1.29, 1.82) is 0 Å². The lowest BCUT2D eigenvalue weighted by molar-refractivity contribution is -0.385. The molecule has 1 rings (SSSR count). The highest BCUT2D eigenvalue weighted by molar-refractivity contribution is 9.10. The molecule has 0 radical (unpaired) electrons. The van der Waals surface area contributed by atoms with Crippen molar-refractivity contribution in [1.82, 2.24) is 5.32 Å². The second-order valence-corrected chi connectivity index (χ2v) is 5.61. The largest absolute Gasteiger partial charge is 0.452 e. The molecular formula is C14H17BrN2O5. The van der Waals surface area contributed by atoms with Crippen LogP contribution in [0.15, 0.2) is 22.7 Å². The van der Waals surface area contributed by atoms with Gasteiger partial charge in [0.15, 0.2) is 6.61 Å². The minimum Gasteiger partial charge on any atom is -0.452 e. The normalized spacial score (nSPS) is 11.6. The van der Waals surface area contributed by atoms with Gasteiger partial charge in [-0.3, -0.25) is 14.9 Å². The Labute approximate surface area is 136 Å². The first-order chi connectivity index (χ1) is 10.3. The highest BCUT2D eigenvalue weighted by atomic mass is 79.9. The van der Waals surface area contributed by atoms with E-state index in [-0.39, 0.29) is 21.8 Å². The van der Waals surface area contributed by atoms with Crippen LogP contribution < -0.4 is 5.32 Å². The Balaban J connectivity index is 2.61. The first-order valence-corrected chi connectivity index (χ1v) is 7.54. The average Bonchev–Trinajstić information content (AvgIpc) is 2.45. The summed E-state index contributed by atoms with van der Waals surface area (Å²) in [5.74, 6) is -1.19. The maximum atomic E-state index is 11.8. The number of nitro groups is 1. The molecule has 0 spiro atoms. The fourth-order valence-electron chi connectivity index (χ4n) is 1.82. The molecule has 0 saturated carbocycles. The van der Waals surface area contributed by atoms with Gasteiger partial charge in [0.2, 0.25) is 0 Å². The molecule has 1 amide bonds. The maximum absolute atomic E-state index is 11.8. The van der Waals surface area contributed by atoms with Crippen LogP contribution in [0.1, 0.15) is 37.0 Å². The van der Waals surface area contributed by atoms with Crippen LogP contribution in [0.4, 0.5) is 5.69 Å². The zero-order valence-corrected chi connectivity index (χ0v) is 13.9. The molecule has 1 unspecified atom stereocenters. The third-order valence-electron chi connectivity index (χ3n) is 2.84. The number of ether oxygens (including phenoxy) is 1. The summed E-state index contributed by atoms with van der Waals surface area (Å²) in [4.78, 5) is 33.6. The second kappa shape index (κ2) is 8.47. The van der Waals surface area contributed by atoms with E-state index in [2.05, 4.69) is 21.2 Å². The fourth-order valence-corrected chi connectivity index (χ4v) is 2.21. The number of hydrogen-bond acceptors (Lipinski definition) is 5. The van der Waals surface area contributed by atoms with Crippen molar-refractivity contribution in [3.8, 4) is 0 Å². The molecule has 7 nitrogen and oxygen atoms in total. The lowest BCUT2D eigenvalue weighted by atomic mass is 10.2. The Hall–Kier alpha value is -1.96. The molecule has 8 heteroatoms. The molecule has 0 aliphatic heterocycles. The third kappa shape index (κ3) is 5.44. The Kier molecular flexibility index (Phi) is 6.97. The number of nitrogens with one attached hydrogen (secondary N) is 1. The van der Waals surface area contributed by atoms with Crippen LogP contribution in [0.2, 0.25) is 0 Å². The highest BCUT2D eigenvalue weighted by Crippen LogP contribution is 2.25. The molecule has 0 aromatic heterocycles. The van der Waals surface area contributed by atoms with Gasteiger partial charge < -0.3 is 10.1 Å². The van der Waals surface area contributed by atoms with Crippen LogP contribution in [-0.4, -0.2) is 29.4 Å². The van der Waals surface area contributed by atoms with Crippen LogP contribution in [0, 0.1) is 10.1 Å². The lowest BCUT2D eigenvalue weighted by Crippen LogP contribution is -2.35. The minimum atomic E-state index is -0.783. The van der Waals surface area contributed by atoms with Crippen molar-refractivity contribution in [2.24, 2.45) is 0 Å². The molecule has 0 aliphatic carbocycles. The van der Waals surface area contributed by atoms with Gasteiger partial charge in [-0.2, -0.15) is 0 Å². The summed E-state index contributed by atoms with van der Waals surface area (Å²) >= 11 is 3.03.